The van der Waals surface area contributed by atoms with Crippen LogP contribution < -0.4 is 10.6 Å². The van der Waals surface area contributed by atoms with Gasteiger partial charge in [0.25, 0.3) is 0 Å². The molecule has 0 aromatic heterocycles. The van der Waals surface area contributed by atoms with Gasteiger partial charge in [-0.3, -0.25) is 4.79 Å². The van der Waals surface area contributed by atoms with E-state index < -0.39 is 0 Å². The van der Waals surface area contributed by atoms with Gasteiger partial charge in [-0.25, -0.2) is 0 Å². The Hall–Kier alpha value is -1.05. The standard InChI is InChI=1S/C11H18N2O2/c1-4-8(5-2)13-11(14)9-6-15-7-10(9)12-3/h1,8-10,12H,5-7H2,2-3H3,(H,13,14). The zero-order chi connectivity index (χ0) is 11.3. The van der Waals surface area contributed by atoms with Crippen molar-refractivity contribution in [3.63, 3.8) is 0 Å². The molecule has 4 nitrogen and oxygen atoms in total. The Bertz CT molecular complexity index is 260. The maximum absolute atomic E-state index is 11.8. The van der Waals surface area contributed by atoms with Crippen LogP contribution >= 0.6 is 0 Å². The van der Waals surface area contributed by atoms with Crippen LogP contribution in [0.2, 0.25) is 0 Å². The van der Waals surface area contributed by atoms with Gasteiger partial charge in [-0.2, -0.15) is 0 Å². The minimum absolute atomic E-state index is 0.0170. The van der Waals surface area contributed by atoms with Crippen molar-refractivity contribution >= 4 is 5.91 Å². The summed E-state index contributed by atoms with van der Waals surface area (Å²) in [4.78, 5) is 11.8. The molecule has 0 bridgehead atoms. The highest BCUT2D eigenvalue weighted by molar-refractivity contribution is 5.80. The van der Waals surface area contributed by atoms with Crippen LogP contribution in [-0.2, 0) is 9.53 Å². The minimum atomic E-state index is -0.171. The monoisotopic (exact) mass is 210 g/mol. The molecule has 1 aliphatic rings. The molecule has 15 heavy (non-hydrogen) atoms. The lowest BCUT2D eigenvalue weighted by atomic mass is 10.0. The van der Waals surface area contributed by atoms with Gasteiger partial charge in [0.15, 0.2) is 0 Å². The van der Waals surface area contributed by atoms with Crippen molar-refractivity contribution in [2.45, 2.75) is 25.4 Å². The van der Waals surface area contributed by atoms with E-state index in [4.69, 9.17) is 11.2 Å². The number of carbonyl (C=O) groups is 1. The van der Waals surface area contributed by atoms with Crippen LogP contribution in [0.3, 0.4) is 0 Å². The van der Waals surface area contributed by atoms with Crippen molar-refractivity contribution < 1.29 is 9.53 Å². The van der Waals surface area contributed by atoms with Crippen LogP contribution in [0.4, 0.5) is 0 Å². The SMILES string of the molecule is C#CC(CC)NC(=O)C1COCC1NC. The maximum Gasteiger partial charge on any atom is 0.228 e. The van der Waals surface area contributed by atoms with Gasteiger partial charge in [0.1, 0.15) is 0 Å². The molecule has 1 amide bonds. The molecule has 4 heteroatoms. The lowest BCUT2D eigenvalue weighted by molar-refractivity contribution is -0.125. The first-order valence-corrected chi connectivity index (χ1v) is 5.24. The van der Waals surface area contributed by atoms with Gasteiger partial charge < -0.3 is 15.4 Å². The largest absolute Gasteiger partial charge is 0.379 e. The molecule has 0 aromatic rings. The smallest absolute Gasteiger partial charge is 0.228 e. The lowest BCUT2D eigenvalue weighted by Gasteiger charge is -2.18. The number of terminal acetylenes is 1. The van der Waals surface area contributed by atoms with Gasteiger partial charge in [0.2, 0.25) is 5.91 Å². The second-order valence-corrected chi connectivity index (χ2v) is 3.68. The van der Waals surface area contributed by atoms with Crippen molar-refractivity contribution in [3.8, 4) is 12.3 Å². The van der Waals surface area contributed by atoms with E-state index in [1.54, 1.807) is 0 Å². The first-order chi connectivity index (χ1) is 7.22. The fourth-order valence-corrected chi connectivity index (χ4v) is 1.64. The summed E-state index contributed by atoms with van der Waals surface area (Å²) in [5.41, 5.74) is 0. The second-order valence-electron chi connectivity index (χ2n) is 3.68. The highest BCUT2D eigenvalue weighted by Crippen LogP contribution is 2.13. The summed E-state index contributed by atoms with van der Waals surface area (Å²) in [5.74, 6) is 2.40. The van der Waals surface area contributed by atoms with Gasteiger partial charge in [-0.05, 0) is 13.5 Å². The molecule has 3 atom stereocenters. The van der Waals surface area contributed by atoms with E-state index in [2.05, 4.69) is 16.6 Å². The first kappa shape index (κ1) is 12.0. The van der Waals surface area contributed by atoms with Crippen LogP contribution in [0.5, 0.6) is 0 Å². The van der Waals surface area contributed by atoms with Crippen molar-refractivity contribution in [2.75, 3.05) is 20.3 Å². The number of amides is 1. The van der Waals surface area contributed by atoms with E-state index in [9.17, 15) is 4.79 Å². The molecule has 1 heterocycles. The Morgan fingerprint density at radius 2 is 2.40 bits per heavy atom. The third kappa shape index (κ3) is 2.95. The van der Waals surface area contributed by atoms with Crippen molar-refractivity contribution in [3.05, 3.63) is 0 Å². The Kier molecular flexibility index (Phi) is 4.60. The zero-order valence-electron chi connectivity index (χ0n) is 9.25. The van der Waals surface area contributed by atoms with Crippen LogP contribution in [0, 0.1) is 18.3 Å². The Morgan fingerprint density at radius 1 is 1.67 bits per heavy atom. The van der Waals surface area contributed by atoms with Crippen molar-refractivity contribution in [1.29, 1.82) is 0 Å². The van der Waals surface area contributed by atoms with E-state index in [0.717, 1.165) is 6.42 Å². The highest BCUT2D eigenvalue weighted by Gasteiger charge is 2.33. The fourth-order valence-electron chi connectivity index (χ4n) is 1.64. The van der Waals surface area contributed by atoms with Crippen molar-refractivity contribution in [1.82, 2.24) is 10.6 Å². The van der Waals surface area contributed by atoms with Crippen LogP contribution in [0.1, 0.15) is 13.3 Å². The van der Waals surface area contributed by atoms with Crippen LogP contribution in [-0.4, -0.2) is 38.3 Å². The van der Waals surface area contributed by atoms with E-state index >= 15 is 0 Å². The Labute approximate surface area is 90.8 Å². The molecule has 84 valence electrons. The molecule has 1 rings (SSSR count). The van der Waals surface area contributed by atoms with Gasteiger partial charge in [-0.15, -0.1) is 6.42 Å². The van der Waals surface area contributed by atoms with E-state index in [-0.39, 0.29) is 23.9 Å². The van der Waals surface area contributed by atoms with Gasteiger partial charge in [0, 0.05) is 6.04 Å². The number of hydrogen-bond acceptors (Lipinski definition) is 3. The highest BCUT2D eigenvalue weighted by atomic mass is 16.5. The molecule has 1 saturated heterocycles. The summed E-state index contributed by atoms with van der Waals surface area (Å²) in [6, 6.07) is -0.0733. The van der Waals surface area contributed by atoms with Crippen LogP contribution in [0.15, 0.2) is 0 Å². The summed E-state index contributed by atoms with van der Waals surface area (Å²) < 4.78 is 5.26. The Morgan fingerprint density at radius 3 is 2.93 bits per heavy atom. The lowest BCUT2D eigenvalue weighted by Crippen LogP contribution is -2.45. The molecule has 1 fully saturated rings. The summed E-state index contributed by atoms with van der Waals surface area (Å²) in [5, 5.41) is 5.89. The molecule has 1 aliphatic heterocycles. The molecule has 0 spiro atoms. The minimum Gasteiger partial charge on any atom is -0.379 e. The average Bonchev–Trinajstić information content (AvgIpc) is 2.73. The van der Waals surface area contributed by atoms with Gasteiger partial charge in [0.05, 0.1) is 25.2 Å². The van der Waals surface area contributed by atoms with Crippen molar-refractivity contribution in [2.24, 2.45) is 5.92 Å². The molecule has 0 saturated carbocycles. The molecule has 2 N–H and O–H groups in total. The number of ether oxygens (including phenoxy) is 1. The molecular formula is C11H18N2O2. The number of nitrogens with one attached hydrogen (secondary N) is 2. The van der Waals surface area contributed by atoms with Gasteiger partial charge >= 0.3 is 0 Å². The molecule has 3 unspecified atom stereocenters. The fraction of sp³-hybridized carbons (Fsp3) is 0.727. The van der Waals surface area contributed by atoms with Gasteiger partial charge in [-0.1, -0.05) is 12.8 Å². The number of likely N-dealkylation sites (N-methyl/N-ethyl adjacent to an activating group) is 1. The predicted molar refractivity (Wildman–Crippen MR) is 58.2 cm³/mol. The number of rotatable bonds is 4. The maximum atomic E-state index is 11.8. The normalized spacial score (nSPS) is 27.0. The van der Waals surface area contributed by atoms with Crippen LogP contribution in [0.25, 0.3) is 0 Å². The summed E-state index contributed by atoms with van der Waals surface area (Å²) >= 11 is 0. The molecule has 0 radical (unpaired) electrons. The molecule has 0 aromatic carbocycles. The van der Waals surface area contributed by atoms with E-state index in [0.29, 0.717) is 13.2 Å². The summed E-state index contributed by atoms with van der Waals surface area (Å²) in [6.45, 7) is 3.01. The third-order valence-electron chi connectivity index (χ3n) is 2.71. The first-order valence-electron chi connectivity index (χ1n) is 5.24. The average molecular weight is 210 g/mol. The molecular weight excluding hydrogens is 192 g/mol. The number of carbonyl (C=O) groups excluding carboxylic acids is 1. The quantitative estimate of drug-likeness (QED) is 0.629. The van der Waals surface area contributed by atoms with E-state index in [1.165, 1.54) is 0 Å². The van der Waals surface area contributed by atoms with E-state index in [1.807, 2.05) is 14.0 Å². The zero-order valence-corrected chi connectivity index (χ0v) is 9.25. The number of hydrogen-bond donors (Lipinski definition) is 2. The topological polar surface area (TPSA) is 50.4 Å². The Balaban J connectivity index is 2.49. The summed E-state index contributed by atoms with van der Waals surface area (Å²) in [7, 11) is 1.83. The third-order valence-corrected chi connectivity index (χ3v) is 2.71. The second kappa shape index (κ2) is 5.74. The predicted octanol–water partition coefficient (Wildman–Crippen LogP) is -0.251. The summed E-state index contributed by atoms with van der Waals surface area (Å²) in [6.07, 6.45) is 6.04. The molecule has 0 aliphatic carbocycles.